The first-order chi connectivity index (χ1) is 12.6. The number of hydrogen-bond acceptors (Lipinski definition) is 3. The van der Waals surface area contributed by atoms with Gasteiger partial charge in [-0.1, -0.05) is 11.8 Å². The highest BCUT2D eigenvalue weighted by Crippen LogP contribution is 2.36. The SMILES string of the molecule is N#C/C(C(=O)Nc1ccc(C#Cc2ccc(F)cc2)cc1)=C(/O)C1CC1. The van der Waals surface area contributed by atoms with Crippen molar-refractivity contribution in [1.82, 2.24) is 0 Å². The van der Waals surface area contributed by atoms with E-state index >= 15 is 0 Å². The maximum atomic E-state index is 12.9. The summed E-state index contributed by atoms with van der Waals surface area (Å²) < 4.78 is 12.9. The van der Waals surface area contributed by atoms with Crippen LogP contribution in [0.4, 0.5) is 10.1 Å². The number of halogens is 1. The molecule has 1 saturated carbocycles. The molecule has 2 N–H and O–H groups in total. The maximum Gasteiger partial charge on any atom is 0.269 e. The molecule has 26 heavy (non-hydrogen) atoms. The average molecular weight is 346 g/mol. The number of nitriles is 1. The molecule has 3 rings (SSSR count). The number of benzene rings is 2. The number of aliphatic hydroxyl groups excluding tert-OH is 1. The van der Waals surface area contributed by atoms with Gasteiger partial charge in [0, 0.05) is 22.7 Å². The largest absolute Gasteiger partial charge is 0.510 e. The summed E-state index contributed by atoms with van der Waals surface area (Å²) in [6.07, 6.45) is 1.59. The second-order valence-corrected chi connectivity index (χ2v) is 5.93. The molecule has 1 aliphatic rings. The molecule has 0 atom stereocenters. The molecule has 2 aromatic rings. The minimum atomic E-state index is -0.623. The van der Waals surface area contributed by atoms with Gasteiger partial charge in [-0.3, -0.25) is 4.79 Å². The zero-order valence-electron chi connectivity index (χ0n) is 13.8. The van der Waals surface area contributed by atoms with Crippen molar-refractivity contribution in [3.8, 4) is 17.9 Å². The van der Waals surface area contributed by atoms with E-state index in [9.17, 15) is 14.3 Å². The van der Waals surface area contributed by atoms with Crippen LogP contribution in [-0.2, 0) is 4.79 Å². The molecule has 1 amide bonds. The van der Waals surface area contributed by atoms with Crippen molar-refractivity contribution in [2.75, 3.05) is 5.32 Å². The van der Waals surface area contributed by atoms with Gasteiger partial charge in [-0.15, -0.1) is 0 Å². The Morgan fingerprint density at radius 2 is 1.58 bits per heavy atom. The van der Waals surface area contributed by atoms with Gasteiger partial charge in [0.25, 0.3) is 5.91 Å². The number of carbonyl (C=O) groups excluding carboxylic acids is 1. The molecule has 0 unspecified atom stereocenters. The standard InChI is InChI=1S/C21H15FN2O2/c22-17-9-3-14(4-10-17)1-2-15-5-11-18(12-6-15)24-21(26)19(13-23)20(25)16-7-8-16/h3-6,9-12,16,25H,7-8H2,(H,24,26)/b20-19-. The molecule has 0 radical (unpaired) electrons. The van der Waals surface area contributed by atoms with E-state index in [2.05, 4.69) is 17.2 Å². The van der Waals surface area contributed by atoms with Crippen LogP contribution in [0.15, 0.2) is 59.9 Å². The molecular formula is C21H15FN2O2. The Morgan fingerprint density at radius 1 is 1.04 bits per heavy atom. The normalized spacial score (nSPS) is 13.7. The molecule has 0 aromatic heterocycles. The van der Waals surface area contributed by atoms with Gasteiger partial charge in [-0.2, -0.15) is 5.26 Å². The molecule has 0 heterocycles. The number of hydrogen-bond donors (Lipinski definition) is 2. The zero-order valence-corrected chi connectivity index (χ0v) is 13.8. The lowest BCUT2D eigenvalue weighted by atomic mass is 10.1. The van der Waals surface area contributed by atoms with Crippen molar-refractivity contribution in [3.05, 3.63) is 76.8 Å². The van der Waals surface area contributed by atoms with E-state index in [0.29, 0.717) is 11.3 Å². The first kappa shape index (κ1) is 17.3. The van der Waals surface area contributed by atoms with Crippen molar-refractivity contribution in [2.24, 2.45) is 5.92 Å². The summed E-state index contributed by atoms with van der Waals surface area (Å²) in [4.78, 5) is 12.1. The van der Waals surface area contributed by atoms with Gasteiger partial charge in [0.15, 0.2) is 5.57 Å². The molecule has 0 bridgehead atoms. The van der Waals surface area contributed by atoms with Crippen molar-refractivity contribution >= 4 is 11.6 Å². The monoisotopic (exact) mass is 346 g/mol. The second kappa shape index (κ2) is 7.55. The van der Waals surface area contributed by atoms with Crippen molar-refractivity contribution in [1.29, 1.82) is 5.26 Å². The Bertz CT molecular complexity index is 954. The Balaban J connectivity index is 1.68. The van der Waals surface area contributed by atoms with Crippen LogP contribution in [0, 0.1) is 34.9 Å². The molecule has 5 heteroatoms. The van der Waals surface area contributed by atoms with Crippen LogP contribution in [0.3, 0.4) is 0 Å². The van der Waals surface area contributed by atoms with Crippen molar-refractivity contribution in [2.45, 2.75) is 12.8 Å². The van der Waals surface area contributed by atoms with Gasteiger partial charge >= 0.3 is 0 Å². The number of nitrogens with one attached hydrogen (secondary N) is 1. The van der Waals surface area contributed by atoms with Crippen LogP contribution in [0.25, 0.3) is 0 Å². The highest BCUT2D eigenvalue weighted by Gasteiger charge is 2.30. The third kappa shape index (κ3) is 4.28. The number of allylic oxidation sites excluding steroid dienone is 1. The van der Waals surface area contributed by atoms with Crippen LogP contribution in [-0.4, -0.2) is 11.0 Å². The van der Waals surface area contributed by atoms with E-state index in [1.807, 2.05) is 0 Å². The summed E-state index contributed by atoms with van der Waals surface area (Å²) in [5.41, 5.74) is 1.68. The van der Waals surface area contributed by atoms with Crippen LogP contribution < -0.4 is 5.32 Å². The fourth-order valence-corrected chi connectivity index (χ4v) is 2.29. The quantitative estimate of drug-likeness (QED) is 0.383. The van der Waals surface area contributed by atoms with Gasteiger partial charge in [0.2, 0.25) is 0 Å². The summed E-state index contributed by atoms with van der Waals surface area (Å²) in [6, 6.07) is 14.4. The van der Waals surface area contributed by atoms with Gasteiger partial charge in [-0.05, 0) is 61.4 Å². The van der Waals surface area contributed by atoms with Gasteiger partial charge < -0.3 is 10.4 Å². The molecule has 1 aliphatic carbocycles. The van der Waals surface area contributed by atoms with E-state index in [0.717, 1.165) is 18.4 Å². The van der Waals surface area contributed by atoms with Crippen LogP contribution in [0.1, 0.15) is 24.0 Å². The minimum absolute atomic E-state index is 0.0699. The van der Waals surface area contributed by atoms with E-state index in [-0.39, 0.29) is 23.1 Å². The van der Waals surface area contributed by atoms with Crippen LogP contribution in [0.5, 0.6) is 0 Å². The predicted octanol–water partition coefficient (Wildman–Crippen LogP) is 3.91. The smallest absolute Gasteiger partial charge is 0.269 e. The van der Waals surface area contributed by atoms with Crippen molar-refractivity contribution < 1.29 is 14.3 Å². The van der Waals surface area contributed by atoms with E-state index < -0.39 is 5.91 Å². The molecular weight excluding hydrogens is 331 g/mol. The number of aliphatic hydroxyl groups is 1. The lowest BCUT2D eigenvalue weighted by Gasteiger charge is -2.06. The molecule has 4 nitrogen and oxygen atoms in total. The lowest BCUT2D eigenvalue weighted by Crippen LogP contribution is -2.15. The zero-order chi connectivity index (χ0) is 18.5. The Hall–Kier alpha value is -3.57. The Labute approximate surface area is 150 Å². The predicted molar refractivity (Wildman–Crippen MR) is 95.4 cm³/mol. The first-order valence-electron chi connectivity index (χ1n) is 8.09. The number of nitrogens with zero attached hydrogens (tertiary/aromatic N) is 1. The van der Waals surface area contributed by atoms with E-state index in [1.54, 1.807) is 42.5 Å². The second-order valence-electron chi connectivity index (χ2n) is 5.93. The third-order valence-electron chi connectivity index (χ3n) is 3.90. The van der Waals surface area contributed by atoms with E-state index in [4.69, 9.17) is 5.26 Å². The highest BCUT2D eigenvalue weighted by atomic mass is 19.1. The average Bonchev–Trinajstić information content (AvgIpc) is 3.48. The molecule has 1 fully saturated rings. The fourth-order valence-electron chi connectivity index (χ4n) is 2.29. The van der Waals surface area contributed by atoms with Gasteiger partial charge in [0.05, 0.1) is 0 Å². The van der Waals surface area contributed by atoms with E-state index in [1.165, 1.54) is 12.1 Å². The summed E-state index contributed by atoms with van der Waals surface area (Å²) in [6.45, 7) is 0. The van der Waals surface area contributed by atoms with Gasteiger partial charge in [-0.25, -0.2) is 4.39 Å². The summed E-state index contributed by atoms with van der Waals surface area (Å²) >= 11 is 0. The maximum absolute atomic E-state index is 12.9. The molecule has 0 spiro atoms. The number of carbonyl (C=O) groups is 1. The van der Waals surface area contributed by atoms with Crippen LogP contribution >= 0.6 is 0 Å². The molecule has 128 valence electrons. The lowest BCUT2D eigenvalue weighted by molar-refractivity contribution is -0.112. The summed E-state index contributed by atoms with van der Waals surface area (Å²) in [5, 5.41) is 21.6. The first-order valence-corrected chi connectivity index (χ1v) is 8.09. The summed E-state index contributed by atoms with van der Waals surface area (Å²) in [7, 11) is 0. The highest BCUT2D eigenvalue weighted by molar-refractivity contribution is 6.07. The third-order valence-corrected chi connectivity index (χ3v) is 3.90. The number of anilines is 1. The molecule has 0 saturated heterocycles. The number of rotatable bonds is 3. The Kier molecular flexibility index (Phi) is 5.01. The van der Waals surface area contributed by atoms with Crippen molar-refractivity contribution in [3.63, 3.8) is 0 Å². The summed E-state index contributed by atoms with van der Waals surface area (Å²) in [5.74, 6) is 4.74. The molecule has 2 aromatic carbocycles. The minimum Gasteiger partial charge on any atom is -0.510 e. The Morgan fingerprint density at radius 3 is 2.08 bits per heavy atom. The van der Waals surface area contributed by atoms with Gasteiger partial charge in [0.1, 0.15) is 17.6 Å². The number of amides is 1. The van der Waals surface area contributed by atoms with Crippen LogP contribution in [0.2, 0.25) is 0 Å². The topological polar surface area (TPSA) is 73.1 Å². The molecule has 0 aliphatic heterocycles. The fraction of sp³-hybridized carbons (Fsp3) is 0.143.